The Labute approximate surface area is 191 Å². The Hall–Kier alpha value is -3.59. The van der Waals surface area contributed by atoms with Crippen molar-refractivity contribution >= 4 is 27.1 Å². The molecule has 0 saturated carbocycles. The van der Waals surface area contributed by atoms with Gasteiger partial charge in [0.25, 0.3) is 11.2 Å². The summed E-state index contributed by atoms with van der Waals surface area (Å²) >= 11 is 3.46. The molecule has 8 nitrogen and oxygen atoms in total. The van der Waals surface area contributed by atoms with Crippen LogP contribution in [-0.4, -0.2) is 28.1 Å². The molecule has 2 aromatic carbocycles. The highest BCUT2D eigenvalue weighted by Crippen LogP contribution is 2.26. The molecule has 0 aliphatic heterocycles. The van der Waals surface area contributed by atoms with E-state index in [1.165, 1.54) is 12.1 Å². The Morgan fingerprint density at radius 3 is 2.44 bits per heavy atom. The number of nitro groups is 1. The van der Waals surface area contributed by atoms with Crippen LogP contribution < -0.4 is 15.0 Å². The van der Waals surface area contributed by atoms with Crippen molar-refractivity contribution in [3.05, 3.63) is 103 Å². The molecular formula is C23H20BrN3O5. The number of hydrogen-bond donors (Lipinski definition) is 0. The zero-order chi connectivity index (χ0) is 22.8. The van der Waals surface area contributed by atoms with Gasteiger partial charge >= 0.3 is 0 Å². The SMILES string of the molecule is COc1ccc(Cn2cc(Cc3ccc([N+](=O)[O-])cc3)n3cc(Br)cc3c2=O)c(OC)c1. The summed E-state index contributed by atoms with van der Waals surface area (Å²) < 4.78 is 15.0. The van der Waals surface area contributed by atoms with Gasteiger partial charge in [0.15, 0.2) is 0 Å². The Morgan fingerprint density at radius 1 is 1.03 bits per heavy atom. The number of fused-ring (bicyclic) bond motifs is 1. The molecule has 0 amide bonds. The van der Waals surface area contributed by atoms with Crippen LogP contribution in [0.15, 0.2) is 70.2 Å². The van der Waals surface area contributed by atoms with Gasteiger partial charge in [-0.1, -0.05) is 12.1 Å². The maximum absolute atomic E-state index is 13.2. The lowest BCUT2D eigenvalue weighted by atomic mass is 10.1. The minimum absolute atomic E-state index is 0.0409. The number of aromatic nitrogens is 2. The Bertz CT molecular complexity index is 1360. The fraction of sp³-hybridized carbons (Fsp3) is 0.174. The van der Waals surface area contributed by atoms with Crippen molar-refractivity contribution in [1.29, 1.82) is 0 Å². The standard InChI is InChI=1S/C23H20BrN3O5/c1-31-20-8-5-16(22(11-20)32-2)12-25-14-19(26-13-17(24)10-21(26)23(25)28)9-15-3-6-18(7-4-15)27(29)30/h3-8,10-11,13-14H,9,12H2,1-2H3. The zero-order valence-electron chi connectivity index (χ0n) is 17.4. The molecule has 0 radical (unpaired) electrons. The van der Waals surface area contributed by atoms with E-state index in [9.17, 15) is 14.9 Å². The number of nitrogens with zero attached hydrogens (tertiary/aromatic N) is 3. The van der Waals surface area contributed by atoms with E-state index in [-0.39, 0.29) is 11.2 Å². The average molecular weight is 498 g/mol. The van der Waals surface area contributed by atoms with Gasteiger partial charge in [0, 0.05) is 52.7 Å². The molecule has 0 bridgehead atoms. The summed E-state index contributed by atoms with van der Waals surface area (Å²) in [6.45, 7) is 0.318. The molecule has 2 aromatic heterocycles. The summed E-state index contributed by atoms with van der Waals surface area (Å²) in [5.41, 5.74) is 3.04. The van der Waals surface area contributed by atoms with Gasteiger partial charge in [0.05, 0.1) is 25.7 Å². The van der Waals surface area contributed by atoms with E-state index in [0.29, 0.717) is 30.0 Å². The van der Waals surface area contributed by atoms with E-state index >= 15 is 0 Å². The fourth-order valence-corrected chi connectivity index (χ4v) is 4.06. The van der Waals surface area contributed by atoms with Gasteiger partial charge in [-0.2, -0.15) is 0 Å². The largest absolute Gasteiger partial charge is 0.497 e. The minimum Gasteiger partial charge on any atom is -0.497 e. The topological polar surface area (TPSA) is 88.0 Å². The minimum atomic E-state index is -0.423. The first kappa shape index (κ1) is 21.6. The third-order valence-electron chi connectivity index (χ3n) is 5.25. The lowest BCUT2D eigenvalue weighted by Gasteiger charge is -2.15. The fourth-order valence-electron chi connectivity index (χ4n) is 3.64. The molecule has 2 heterocycles. The molecule has 9 heteroatoms. The highest BCUT2D eigenvalue weighted by Gasteiger charge is 2.14. The number of methoxy groups -OCH3 is 2. The van der Waals surface area contributed by atoms with E-state index in [1.807, 2.05) is 28.9 Å². The number of nitro benzene ring substituents is 1. The molecule has 0 atom stereocenters. The molecule has 32 heavy (non-hydrogen) atoms. The highest BCUT2D eigenvalue weighted by molar-refractivity contribution is 9.10. The normalized spacial score (nSPS) is 11.0. The Kier molecular flexibility index (Phi) is 6.00. The van der Waals surface area contributed by atoms with Gasteiger partial charge in [-0.25, -0.2) is 0 Å². The van der Waals surface area contributed by atoms with E-state index in [2.05, 4.69) is 15.9 Å². The van der Waals surface area contributed by atoms with Crippen LogP contribution in [0, 0.1) is 10.1 Å². The molecule has 164 valence electrons. The van der Waals surface area contributed by atoms with Crippen LogP contribution in [0.5, 0.6) is 11.5 Å². The summed E-state index contributed by atoms with van der Waals surface area (Å²) in [6, 6.07) is 13.7. The van der Waals surface area contributed by atoms with Crippen molar-refractivity contribution in [2.45, 2.75) is 13.0 Å². The number of halogens is 1. The molecule has 4 rings (SSSR count). The van der Waals surface area contributed by atoms with Crippen molar-refractivity contribution in [3.8, 4) is 11.5 Å². The average Bonchev–Trinajstić information content (AvgIpc) is 3.19. The molecule has 0 aliphatic rings. The van der Waals surface area contributed by atoms with Gasteiger partial charge in [0.1, 0.15) is 17.0 Å². The Morgan fingerprint density at radius 2 is 1.78 bits per heavy atom. The number of ether oxygens (including phenoxy) is 2. The van der Waals surface area contributed by atoms with Gasteiger partial charge in [-0.3, -0.25) is 14.9 Å². The van der Waals surface area contributed by atoms with Crippen LogP contribution in [-0.2, 0) is 13.0 Å². The van der Waals surface area contributed by atoms with Crippen molar-refractivity contribution in [2.24, 2.45) is 0 Å². The molecule has 0 spiro atoms. The van der Waals surface area contributed by atoms with Crippen LogP contribution in [0.1, 0.15) is 16.8 Å². The van der Waals surface area contributed by atoms with Gasteiger partial charge in [0.2, 0.25) is 0 Å². The number of hydrogen-bond acceptors (Lipinski definition) is 5. The van der Waals surface area contributed by atoms with Gasteiger partial charge < -0.3 is 18.4 Å². The number of non-ortho nitro benzene ring substituents is 1. The summed E-state index contributed by atoms with van der Waals surface area (Å²) in [6.07, 6.45) is 4.15. The van der Waals surface area contributed by atoms with Gasteiger partial charge in [-0.15, -0.1) is 0 Å². The van der Waals surface area contributed by atoms with Crippen molar-refractivity contribution in [2.75, 3.05) is 14.2 Å². The monoisotopic (exact) mass is 497 g/mol. The first-order valence-electron chi connectivity index (χ1n) is 9.73. The van der Waals surface area contributed by atoms with Crippen LogP contribution in [0.2, 0.25) is 0 Å². The Balaban J connectivity index is 1.77. The lowest BCUT2D eigenvalue weighted by Crippen LogP contribution is -2.24. The number of rotatable bonds is 7. The molecule has 0 unspecified atom stereocenters. The van der Waals surface area contributed by atoms with E-state index in [1.54, 1.807) is 43.1 Å². The molecular weight excluding hydrogens is 478 g/mol. The number of benzene rings is 2. The predicted molar refractivity (Wildman–Crippen MR) is 124 cm³/mol. The van der Waals surface area contributed by atoms with E-state index < -0.39 is 4.92 Å². The second kappa shape index (κ2) is 8.88. The van der Waals surface area contributed by atoms with Crippen molar-refractivity contribution in [3.63, 3.8) is 0 Å². The highest BCUT2D eigenvalue weighted by atomic mass is 79.9. The molecule has 0 aliphatic carbocycles. The zero-order valence-corrected chi connectivity index (χ0v) is 19.0. The second-order valence-electron chi connectivity index (χ2n) is 7.25. The lowest BCUT2D eigenvalue weighted by molar-refractivity contribution is -0.384. The first-order valence-corrected chi connectivity index (χ1v) is 10.5. The molecule has 4 aromatic rings. The second-order valence-corrected chi connectivity index (χ2v) is 8.16. The predicted octanol–water partition coefficient (Wildman–Crippen LogP) is 4.43. The van der Waals surface area contributed by atoms with Crippen LogP contribution in [0.3, 0.4) is 0 Å². The third-order valence-corrected chi connectivity index (χ3v) is 5.68. The van der Waals surface area contributed by atoms with E-state index in [0.717, 1.165) is 21.3 Å². The maximum Gasteiger partial charge on any atom is 0.275 e. The summed E-state index contributed by atoms with van der Waals surface area (Å²) in [7, 11) is 3.16. The quantitative estimate of drug-likeness (QED) is 0.278. The van der Waals surface area contributed by atoms with Crippen LogP contribution in [0.4, 0.5) is 5.69 Å². The van der Waals surface area contributed by atoms with E-state index in [4.69, 9.17) is 9.47 Å². The van der Waals surface area contributed by atoms with Crippen molar-refractivity contribution < 1.29 is 14.4 Å². The molecule has 0 fully saturated rings. The maximum atomic E-state index is 13.2. The third kappa shape index (κ3) is 4.24. The van der Waals surface area contributed by atoms with Crippen molar-refractivity contribution in [1.82, 2.24) is 8.97 Å². The summed E-state index contributed by atoms with van der Waals surface area (Å²) in [5.74, 6) is 1.30. The van der Waals surface area contributed by atoms with Crippen LogP contribution in [0.25, 0.3) is 5.52 Å². The summed E-state index contributed by atoms with van der Waals surface area (Å²) in [5, 5.41) is 10.9. The smallest absolute Gasteiger partial charge is 0.275 e. The molecule has 0 saturated heterocycles. The summed E-state index contributed by atoms with van der Waals surface area (Å²) in [4.78, 5) is 23.7. The molecule has 0 N–H and O–H groups in total. The van der Waals surface area contributed by atoms with Crippen LogP contribution >= 0.6 is 15.9 Å². The van der Waals surface area contributed by atoms with Gasteiger partial charge in [-0.05, 0) is 39.7 Å². The first-order chi connectivity index (χ1) is 15.4.